The molecule has 3 aliphatic rings. The molecular weight excluding hydrogens is 488 g/mol. The summed E-state index contributed by atoms with van der Waals surface area (Å²) < 4.78 is 5.09. The van der Waals surface area contributed by atoms with Gasteiger partial charge in [-0.25, -0.2) is 4.79 Å². The van der Waals surface area contributed by atoms with Crippen LogP contribution in [0.4, 0.5) is 10.5 Å². The van der Waals surface area contributed by atoms with E-state index in [9.17, 15) is 9.59 Å². The first-order valence-corrected chi connectivity index (χ1v) is 14.2. The lowest BCUT2D eigenvalue weighted by molar-refractivity contribution is -0.117. The average molecular weight is 525 g/mol. The van der Waals surface area contributed by atoms with Gasteiger partial charge in [-0.15, -0.1) is 0 Å². The molecule has 0 bridgehead atoms. The third-order valence-electron chi connectivity index (χ3n) is 8.76. The summed E-state index contributed by atoms with van der Waals surface area (Å²) in [4.78, 5) is 31.5. The first-order chi connectivity index (χ1) is 19.0. The summed E-state index contributed by atoms with van der Waals surface area (Å²) in [5.74, 6) is 0.325. The quantitative estimate of drug-likeness (QED) is 0.390. The van der Waals surface area contributed by atoms with Crippen LogP contribution in [0.1, 0.15) is 56.9 Å². The average Bonchev–Trinajstić information content (AvgIpc) is 3.38. The van der Waals surface area contributed by atoms with Crippen LogP contribution in [0.5, 0.6) is 0 Å². The largest absolute Gasteiger partial charge is 0.448 e. The number of nitrogens with zero attached hydrogens (tertiary/aromatic N) is 2. The van der Waals surface area contributed by atoms with Crippen molar-refractivity contribution < 1.29 is 14.3 Å². The number of nitrogens with one attached hydrogen (secondary N) is 1. The number of hydrogen-bond donors (Lipinski definition) is 2. The molecule has 3 N–H and O–H groups in total. The second-order valence-electron chi connectivity index (χ2n) is 11.3. The minimum atomic E-state index is -0.195. The van der Waals surface area contributed by atoms with Gasteiger partial charge in [-0.2, -0.15) is 0 Å². The summed E-state index contributed by atoms with van der Waals surface area (Å²) in [6, 6.07) is 20.9. The van der Waals surface area contributed by atoms with E-state index in [1.165, 1.54) is 12.0 Å². The number of carbonyl (C=O) groups excluding carboxylic acids is 2. The maximum absolute atomic E-state index is 13.0. The molecule has 3 fully saturated rings. The highest BCUT2D eigenvalue weighted by atomic mass is 16.6. The number of aromatic nitrogens is 1. The Bertz CT molecular complexity index is 1330. The van der Waals surface area contributed by atoms with Gasteiger partial charge in [-0.1, -0.05) is 54.6 Å². The van der Waals surface area contributed by atoms with Crippen LogP contribution in [0.25, 0.3) is 22.4 Å². The molecule has 1 aromatic heterocycles. The van der Waals surface area contributed by atoms with Crippen LogP contribution in [0, 0.1) is 5.92 Å². The molecule has 2 heterocycles. The monoisotopic (exact) mass is 524 g/mol. The Balaban J connectivity index is 1.15. The van der Waals surface area contributed by atoms with Gasteiger partial charge in [0.05, 0.1) is 24.1 Å². The molecule has 39 heavy (non-hydrogen) atoms. The smallest absolute Gasteiger partial charge is 0.410 e. The molecule has 1 saturated heterocycles. The van der Waals surface area contributed by atoms with Crippen LogP contribution in [0.15, 0.2) is 66.9 Å². The van der Waals surface area contributed by atoms with E-state index < -0.39 is 0 Å². The second-order valence-corrected chi connectivity index (χ2v) is 11.3. The van der Waals surface area contributed by atoms with E-state index >= 15 is 0 Å². The van der Waals surface area contributed by atoms with E-state index in [1.54, 1.807) is 6.20 Å². The van der Waals surface area contributed by atoms with Gasteiger partial charge in [-0.05, 0) is 68.1 Å². The van der Waals surface area contributed by atoms with Crippen LogP contribution in [0.3, 0.4) is 0 Å². The molecule has 3 aromatic rings. The molecule has 0 radical (unpaired) electrons. The number of pyridine rings is 1. The van der Waals surface area contributed by atoms with Crippen molar-refractivity contribution >= 4 is 17.7 Å². The van der Waals surface area contributed by atoms with E-state index in [1.807, 2.05) is 29.2 Å². The number of hydrogen-bond acceptors (Lipinski definition) is 5. The zero-order chi connectivity index (χ0) is 26.8. The molecule has 202 valence electrons. The molecule has 0 atom stereocenters. The number of benzene rings is 2. The van der Waals surface area contributed by atoms with E-state index in [0.29, 0.717) is 31.2 Å². The van der Waals surface area contributed by atoms with Gasteiger partial charge in [0, 0.05) is 29.1 Å². The van der Waals surface area contributed by atoms with Crippen molar-refractivity contribution in [3.8, 4) is 22.4 Å². The molecule has 2 aromatic carbocycles. The molecule has 1 aliphatic heterocycles. The van der Waals surface area contributed by atoms with Gasteiger partial charge < -0.3 is 20.7 Å². The number of nitrogens with two attached hydrogens (primary N) is 1. The number of carbonyl (C=O) groups is 2. The van der Waals surface area contributed by atoms with Crippen molar-refractivity contribution in [3.05, 3.63) is 72.4 Å². The molecule has 7 nitrogen and oxygen atoms in total. The van der Waals surface area contributed by atoms with Crippen LogP contribution >= 0.6 is 0 Å². The summed E-state index contributed by atoms with van der Waals surface area (Å²) in [5.41, 5.74) is 12.1. The maximum Gasteiger partial charge on any atom is 0.410 e. The van der Waals surface area contributed by atoms with Gasteiger partial charge in [0.1, 0.15) is 6.61 Å². The highest BCUT2D eigenvalue weighted by Gasteiger charge is 2.34. The molecule has 2 aliphatic carbocycles. The minimum Gasteiger partial charge on any atom is -0.448 e. The Morgan fingerprint density at radius 1 is 1.03 bits per heavy atom. The Labute approximate surface area is 229 Å². The van der Waals surface area contributed by atoms with Crippen LogP contribution < -0.4 is 11.1 Å². The number of rotatable bonds is 7. The molecule has 2 amide bonds. The summed E-state index contributed by atoms with van der Waals surface area (Å²) >= 11 is 0. The Kier molecular flexibility index (Phi) is 7.09. The van der Waals surface area contributed by atoms with Crippen molar-refractivity contribution in [1.82, 2.24) is 9.88 Å². The van der Waals surface area contributed by atoms with E-state index in [4.69, 9.17) is 15.5 Å². The van der Waals surface area contributed by atoms with Crippen LogP contribution in [-0.2, 0) is 15.1 Å². The SMILES string of the molecule is NC1(c2ccc(-c3ncc(NC(=O)CC4CCC(N5CCOC5=O)CC4)cc3-c3ccccc3)cc2)CCC1. The number of amides is 2. The maximum atomic E-state index is 13.0. The molecule has 7 heteroatoms. The first-order valence-electron chi connectivity index (χ1n) is 14.2. The molecule has 0 spiro atoms. The third-order valence-corrected chi connectivity index (χ3v) is 8.76. The zero-order valence-electron chi connectivity index (χ0n) is 22.3. The fraction of sp³-hybridized carbons (Fsp3) is 0.406. The van der Waals surface area contributed by atoms with Crippen molar-refractivity contribution in [2.24, 2.45) is 11.7 Å². The van der Waals surface area contributed by atoms with E-state index in [0.717, 1.165) is 60.9 Å². The van der Waals surface area contributed by atoms with Crippen LogP contribution in [-0.4, -0.2) is 41.1 Å². The van der Waals surface area contributed by atoms with E-state index in [-0.39, 0.29) is 23.6 Å². The van der Waals surface area contributed by atoms with Crippen LogP contribution in [0.2, 0.25) is 0 Å². The number of ether oxygens (including phenoxy) is 1. The first kappa shape index (κ1) is 25.6. The standard InChI is InChI=1S/C32H36N4O3/c33-32(15-4-16-32)25-11-9-24(10-12-25)30-28(23-5-2-1-3-6-23)20-26(21-34-30)35-29(37)19-22-7-13-27(14-8-22)36-17-18-39-31(36)38/h1-3,5-6,9-12,20-22,27H,4,7-8,13-19,33H2,(H,35,37). The predicted molar refractivity (Wildman–Crippen MR) is 152 cm³/mol. The Hall–Kier alpha value is -3.71. The molecule has 6 rings (SSSR count). The van der Waals surface area contributed by atoms with E-state index in [2.05, 4.69) is 41.7 Å². The minimum absolute atomic E-state index is 0.00527. The topological polar surface area (TPSA) is 97.5 Å². The number of cyclic esters (lactones) is 1. The lowest BCUT2D eigenvalue weighted by Gasteiger charge is -2.38. The Morgan fingerprint density at radius 3 is 2.41 bits per heavy atom. The van der Waals surface area contributed by atoms with Gasteiger partial charge in [0.2, 0.25) is 5.91 Å². The summed E-state index contributed by atoms with van der Waals surface area (Å²) in [6.07, 6.45) is 8.99. The van der Waals surface area contributed by atoms with Gasteiger partial charge in [0.25, 0.3) is 0 Å². The third kappa shape index (κ3) is 5.41. The van der Waals surface area contributed by atoms with Gasteiger partial charge >= 0.3 is 6.09 Å². The lowest BCUT2D eigenvalue weighted by Crippen LogP contribution is -2.43. The highest BCUT2D eigenvalue weighted by molar-refractivity contribution is 5.93. The highest BCUT2D eigenvalue weighted by Crippen LogP contribution is 2.40. The van der Waals surface area contributed by atoms with Crippen molar-refractivity contribution in [1.29, 1.82) is 0 Å². The van der Waals surface area contributed by atoms with Crippen molar-refractivity contribution in [3.63, 3.8) is 0 Å². The molecule has 0 unspecified atom stereocenters. The fourth-order valence-electron chi connectivity index (χ4n) is 6.28. The van der Waals surface area contributed by atoms with Gasteiger partial charge in [0.15, 0.2) is 0 Å². The zero-order valence-corrected chi connectivity index (χ0v) is 22.3. The van der Waals surface area contributed by atoms with Gasteiger partial charge in [-0.3, -0.25) is 9.78 Å². The summed E-state index contributed by atoms with van der Waals surface area (Å²) in [5, 5.41) is 3.09. The molecule has 2 saturated carbocycles. The second kappa shape index (κ2) is 10.8. The van der Waals surface area contributed by atoms with Crippen molar-refractivity contribution in [2.75, 3.05) is 18.5 Å². The predicted octanol–water partition coefficient (Wildman–Crippen LogP) is 6.09. The lowest BCUT2D eigenvalue weighted by atomic mass is 9.72. The molecular formula is C32H36N4O3. The summed E-state index contributed by atoms with van der Waals surface area (Å²) in [6.45, 7) is 1.16. The van der Waals surface area contributed by atoms with Crippen molar-refractivity contribution in [2.45, 2.75) is 62.9 Å². The number of anilines is 1. The normalized spacial score (nSPS) is 22.2. The fourth-order valence-corrected chi connectivity index (χ4v) is 6.28. The summed E-state index contributed by atoms with van der Waals surface area (Å²) in [7, 11) is 0. The Morgan fingerprint density at radius 2 is 1.77 bits per heavy atom.